The van der Waals surface area contributed by atoms with Gasteiger partial charge in [0.1, 0.15) is 12.1 Å². The van der Waals surface area contributed by atoms with Gasteiger partial charge in [-0.1, -0.05) is 48.5 Å². The Morgan fingerprint density at radius 2 is 1.08 bits per heavy atom. The first-order chi connectivity index (χ1) is 24.7. The molecular weight excluding hydrogens is 738 g/mol. The summed E-state index contributed by atoms with van der Waals surface area (Å²) >= 11 is 0. The quantitative estimate of drug-likeness (QED) is 0.107. The van der Waals surface area contributed by atoms with Gasteiger partial charge in [0.25, 0.3) is 5.91 Å². The molecule has 0 heterocycles. The minimum atomic E-state index is -5.59. The number of halogens is 10. The van der Waals surface area contributed by atoms with Crippen LogP contribution < -0.4 is 20.1 Å². The second kappa shape index (κ2) is 17.4. The van der Waals surface area contributed by atoms with Gasteiger partial charge in [-0.25, -0.2) is 17.6 Å². The lowest BCUT2D eigenvalue weighted by molar-refractivity contribution is -0.243. The number of benzene rings is 4. The number of carbonyl (C=O) groups excluding carboxylic acids is 3. The van der Waals surface area contributed by atoms with Crippen molar-refractivity contribution in [3.8, 4) is 11.5 Å². The standard InChI is InChI=1S/C19H20N2O4.C15H4F10O3/c1-13(19(24)25)20-18(23)16(12-14-8-4-2-5-9-14)21-17(22)15-10-6-3-7-11-15;16-5-1-3-7(11(20)9(5)18)27-14(22,23)13(26)15(24,25)28-8-4-2-6(17)10(19)12(8)21/h2-11,13,16H,12H2,1H3,(H,20,23)(H,21,22)(H,24,25);1-4H/t13-,16-;/m0./s1. The van der Waals surface area contributed by atoms with E-state index in [1.807, 2.05) is 30.3 Å². The van der Waals surface area contributed by atoms with Crippen LogP contribution in [0.1, 0.15) is 22.8 Å². The minimum Gasteiger partial charge on any atom is -0.480 e. The number of carbonyl (C=O) groups is 4. The number of Topliss-reactive ketones (excluding diaryl/α,β-unsaturated/α-hetero) is 1. The Morgan fingerprint density at radius 1 is 0.642 bits per heavy atom. The Bertz CT molecular complexity index is 1880. The molecule has 0 aliphatic rings. The highest BCUT2D eigenvalue weighted by Gasteiger charge is 2.60. The fraction of sp³-hybridized carbons (Fsp3) is 0.176. The number of hydrogen-bond donors (Lipinski definition) is 3. The van der Waals surface area contributed by atoms with Gasteiger partial charge in [-0.05, 0) is 48.9 Å². The molecule has 282 valence electrons. The summed E-state index contributed by atoms with van der Waals surface area (Å²) in [5.74, 6) is -22.2. The van der Waals surface area contributed by atoms with Crippen LogP contribution in [-0.4, -0.2) is 53.0 Å². The Hall–Kier alpha value is -6.14. The maximum Gasteiger partial charge on any atom is 0.471 e. The van der Waals surface area contributed by atoms with Crippen molar-refractivity contribution in [2.24, 2.45) is 0 Å². The van der Waals surface area contributed by atoms with E-state index in [0.717, 1.165) is 5.56 Å². The number of carboxylic acid groups (broad SMARTS) is 1. The first-order valence-electron chi connectivity index (χ1n) is 14.6. The van der Waals surface area contributed by atoms with E-state index in [0.29, 0.717) is 5.56 Å². The zero-order chi connectivity index (χ0) is 39.7. The van der Waals surface area contributed by atoms with E-state index in [1.54, 1.807) is 30.3 Å². The van der Waals surface area contributed by atoms with E-state index in [-0.39, 0.29) is 36.6 Å². The highest BCUT2D eigenvalue weighted by molar-refractivity contribution is 5.98. The molecule has 4 aromatic rings. The number of amides is 2. The van der Waals surface area contributed by atoms with Crippen molar-refractivity contribution in [2.45, 2.75) is 37.6 Å². The van der Waals surface area contributed by atoms with Gasteiger partial charge >= 0.3 is 24.0 Å². The summed E-state index contributed by atoms with van der Waals surface area (Å²) in [6, 6.07) is 16.2. The molecular formula is C34H24F10N2O7. The summed E-state index contributed by atoms with van der Waals surface area (Å²) in [5, 5.41) is 14.0. The van der Waals surface area contributed by atoms with E-state index in [1.165, 1.54) is 6.92 Å². The van der Waals surface area contributed by atoms with Gasteiger partial charge in [-0.3, -0.25) is 19.2 Å². The SMILES string of the molecule is C[C@H](NC(=O)[C@H](Cc1ccccc1)NC(=O)c1ccccc1)C(=O)O.O=C(C(F)(F)Oc1ccc(F)c(F)c1F)C(F)(F)Oc1ccc(F)c(F)c1F. The topological polar surface area (TPSA) is 131 Å². The van der Waals surface area contributed by atoms with Crippen LogP contribution in [0.15, 0.2) is 84.9 Å². The molecule has 0 bridgehead atoms. The monoisotopic (exact) mass is 762 g/mol. The van der Waals surface area contributed by atoms with E-state index in [4.69, 9.17) is 5.11 Å². The largest absolute Gasteiger partial charge is 0.480 e. The molecule has 2 atom stereocenters. The second-order valence-electron chi connectivity index (χ2n) is 10.6. The Labute approximate surface area is 292 Å². The van der Waals surface area contributed by atoms with Crippen LogP contribution in [0.4, 0.5) is 43.9 Å². The summed E-state index contributed by atoms with van der Waals surface area (Å²) < 4.78 is 139. The van der Waals surface area contributed by atoms with E-state index < -0.39 is 88.4 Å². The fourth-order valence-electron chi connectivity index (χ4n) is 3.98. The molecule has 19 heteroatoms. The van der Waals surface area contributed by atoms with Crippen molar-refractivity contribution in [3.63, 3.8) is 0 Å². The first kappa shape index (κ1) is 41.3. The maximum absolute atomic E-state index is 13.6. The summed E-state index contributed by atoms with van der Waals surface area (Å²) in [6.07, 6.45) is -10.9. The smallest absolute Gasteiger partial charge is 0.471 e. The molecule has 0 fully saturated rings. The van der Waals surface area contributed by atoms with Crippen LogP contribution in [-0.2, 0) is 20.8 Å². The molecule has 4 rings (SSSR count). The summed E-state index contributed by atoms with van der Waals surface area (Å²) in [4.78, 5) is 47.1. The van der Waals surface area contributed by atoms with Gasteiger partial charge in [0, 0.05) is 12.0 Å². The van der Waals surface area contributed by atoms with Gasteiger partial charge in [-0.2, -0.15) is 26.3 Å². The molecule has 53 heavy (non-hydrogen) atoms. The van der Waals surface area contributed by atoms with Crippen molar-refractivity contribution in [1.29, 1.82) is 0 Å². The maximum atomic E-state index is 13.6. The van der Waals surface area contributed by atoms with Crippen LogP contribution in [0.2, 0.25) is 0 Å². The lowest BCUT2D eigenvalue weighted by Gasteiger charge is -2.22. The third-order valence-corrected chi connectivity index (χ3v) is 6.67. The zero-order valence-corrected chi connectivity index (χ0v) is 26.6. The highest BCUT2D eigenvalue weighted by Crippen LogP contribution is 2.35. The van der Waals surface area contributed by atoms with Gasteiger partial charge in [-0.15, -0.1) is 0 Å². The van der Waals surface area contributed by atoms with Gasteiger partial charge in [0.15, 0.2) is 34.8 Å². The van der Waals surface area contributed by atoms with Crippen molar-refractivity contribution in [3.05, 3.63) is 131 Å². The molecule has 4 aromatic carbocycles. The van der Waals surface area contributed by atoms with Crippen LogP contribution in [0, 0.1) is 34.9 Å². The fourth-order valence-corrected chi connectivity index (χ4v) is 3.98. The molecule has 2 amide bonds. The summed E-state index contributed by atoms with van der Waals surface area (Å²) in [7, 11) is 0. The molecule has 0 aromatic heterocycles. The molecule has 0 spiro atoms. The Morgan fingerprint density at radius 3 is 1.51 bits per heavy atom. The van der Waals surface area contributed by atoms with Crippen LogP contribution >= 0.6 is 0 Å². The summed E-state index contributed by atoms with van der Waals surface area (Å²) in [6.45, 7) is 1.37. The van der Waals surface area contributed by atoms with Crippen LogP contribution in [0.5, 0.6) is 11.5 Å². The number of carboxylic acids is 1. The second-order valence-corrected chi connectivity index (χ2v) is 10.6. The highest BCUT2D eigenvalue weighted by atomic mass is 19.3. The van der Waals surface area contributed by atoms with E-state index >= 15 is 0 Å². The molecule has 0 aliphatic carbocycles. The van der Waals surface area contributed by atoms with E-state index in [9.17, 15) is 63.1 Å². The molecule has 0 saturated heterocycles. The molecule has 0 unspecified atom stereocenters. The van der Waals surface area contributed by atoms with Crippen molar-refractivity contribution >= 4 is 23.6 Å². The number of aliphatic carboxylic acids is 1. The van der Waals surface area contributed by atoms with Crippen molar-refractivity contribution < 1.29 is 77.7 Å². The lowest BCUT2D eigenvalue weighted by Crippen LogP contribution is -2.51. The Balaban J connectivity index is 0.000000287. The first-order valence-corrected chi connectivity index (χ1v) is 14.6. The molecule has 0 saturated carbocycles. The third-order valence-electron chi connectivity index (χ3n) is 6.67. The van der Waals surface area contributed by atoms with Crippen LogP contribution in [0.3, 0.4) is 0 Å². The molecule has 9 nitrogen and oxygen atoms in total. The molecule has 0 radical (unpaired) electrons. The number of hydrogen-bond acceptors (Lipinski definition) is 6. The normalized spacial score (nSPS) is 12.4. The average molecular weight is 763 g/mol. The molecule has 3 N–H and O–H groups in total. The number of nitrogens with one attached hydrogen (secondary N) is 2. The number of ketones is 1. The third kappa shape index (κ3) is 10.9. The predicted molar refractivity (Wildman–Crippen MR) is 162 cm³/mol. The lowest BCUT2D eigenvalue weighted by atomic mass is 10.0. The molecule has 0 aliphatic heterocycles. The van der Waals surface area contributed by atoms with Gasteiger partial charge in [0.2, 0.25) is 17.5 Å². The van der Waals surface area contributed by atoms with Gasteiger partial charge in [0.05, 0.1) is 0 Å². The number of rotatable bonds is 13. The summed E-state index contributed by atoms with van der Waals surface area (Å²) in [5.41, 5.74) is 1.29. The van der Waals surface area contributed by atoms with Gasteiger partial charge < -0.3 is 25.2 Å². The minimum absolute atomic E-state index is 0.0724. The predicted octanol–water partition coefficient (Wildman–Crippen LogP) is 6.35. The van der Waals surface area contributed by atoms with Crippen molar-refractivity contribution in [1.82, 2.24) is 10.6 Å². The van der Waals surface area contributed by atoms with E-state index in [2.05, 4.69) is 20.1 Å². The zero-order valence-electron chi connectivity index (χ0n) is 26.6. The Kier molecular flexibility index (Phi) is 13.5. The number of alkyl halides is 4. The number of ether oxygens (including phenoxy) is 2. The average Bonchev–Trinajstić information content (AvgIpc) is 3.12. The van der Waals surface area contributed by atoms with Crippen molar-refractivity contribution in [2.75, 3.05) is 0 Å². The van der Waals surface area contributed by atoms with Crippen LogP contribution in [0.25, 0.3) is 0 Å².